The molecule has 0 bridgehead atoms. The molecule has 9 aromatic carbocycles. The molecule has 0 spiro atoms. The number of benzene rings is 9. The molecule has 0 N–H and O–H groups in total. The molecule has 0 atom stereocenters. The molecule has 0 saturated carbocycles. The number of hydrogen-bond donors (Lipinski definition) is 0. The second-order valence-corrected chi connectivity index (χ2v) is 13.4. The number of nitrogens with zero attached hydrogens (tertiary/aromatic N) is 2. The van der Waals surface area contributed by atoms with Crippen LogP contribution in [0.4, 0.5) is 17.1 Å². The molecule has 52 heavy (non-hydrogen) atoms. The van der Waals surface area contributed by atoms with Crippen molar-refractivity contribution in [3.63, 3.8) is 0 Å². The van der Waals surface area contributed by atoms with Crippen LogP contribution < -0.4 is 4.90 Å². The molecule has 0 aliphatic rings. The highest BCUT2D eigenvalue weighted by Crippen LogP contribution is 2.42. The van der Waals surface area contributed by atoms with Crippen molar-refractivity contribution in [2.24, 2.45) is 0 Å². The first-order valence-electron chi connectivity index (χ1n) is 17.9. The van der Waals surface area contributed by atoms with Gasteiger partial charge in [-0.05, 0) is 104 Å². The van der Waals surface area contributed by atoms with Crippen LogP contribution in [0, 0.1) is 0 Å². The van der Waals surface area contributed by atoms with Crippen LogP contribution in [0.2, 0.25) is 0 Å². The zero-order chi connectivity index (χ0) is 34.4. The minimum Gasteiger partial charge on any atom is -0.310 e. The third-order valence-electron chi connectivity index (χ3n) is 10.3. The highest BCUT2D eigenvalue weighted by atomic mass is 15.1. The number of anilines is 3. The molecule has 0 unspecified atom stereocenters. The Morgan fingerprint density at radius 1 is 0.327 bits per heavy atom. The van der Waals surface area contributed by atoms with Gasteiger partial charge in [-0.3, -0.25) is 0 Å². The first kappa shape index (κ1) is 30.0. The quantitative estimate of drug-likeness (QED) is 0.161. The second kappa shape index (κ2) is 12.5. The van der Waals surface area contributed by atoms with Gasteiger partial charge in [0.1, 0.15) is 0 Å². The van der Waals surface area contributed by atoms with Crippen molar-refractivity contribution in [1.82, 2.24) is 4.57 Å². The lowest BCUT2D eigenvalue weighted by Gasteiger charge is -2.27. The fraction of sp³-hybridized carbons (Fsp3) is 0. The Kier molecular flexibility index (Phi) is 7.18. The predicted molar refractivity (Wildman–Crippen MR) is 221 cm³/mol. The molecule has 244 valence electrons. The van der Waals surface area contributed by atoms with E-state index in [1.165, 1.54) is 65.6 Å². The van der Waals surface area contributed by atoms with Crippen LogP contribution in [-0.4, -0.2) is 4.57 Å². The number of aromatic nitrogens is 1. The van der Waals surface area contributed by atoms with E-state index in [1.54, 1.807) is 0 Å². The highest BCUT2D eigenvalue weighted by molar-refractivity contribution is 6.16. The molecule has 0 radical (unpaired) electrons. The molecular weight excluding hydrogens is 629 g/mol. The second-order valence-electron chi connectivity index (χ2n) is 13.4. The first-order chi connectivity index (χ1) is 25.8. The van der Waals surface area contributed by atoms with Crippen molar-refractivity contribution in [3.05, 3.63) is 206 Å². The van der Waals surface area contributed by atoms with Crippen LogP contribution in [0.25, 0.3) is 71.3 Å². The Morgan fingerprint density at radius 2 is 0.923 bits per heavy atom. The number of para-hydroxylation sites is 2. The zero-order valence-corrected chi connectivity index (χ0v) is 28.5. The van der Waals surface area contributed by atoms with Crippen molar-refractivity contribution >= 4 is 60.4 Å². The third kappa shape index (κ3) is 5.04. The van der Waals surface area contributed by atoms with Crippen LogP contribution >= 0.6 is 0 Å². The third-order valence-corrected chi connectivity index (χ3v) is 10.3. The summed E-state index contributed by atoms with van der Waals surface area (Å²) in [6, 6.07) is 74.7. The molecule has 0 fully saturated rings. The van der Waals surface area contributed by atoms with Gasteiger partial charge < -0.3 is 9.47 Å². The summed E-state index contributed by atoms with van der Waals surface area (Å²) in [4.78, 5) is 2.39. The Balaban J connectivity index is 1.16. The van der Waals surface area contributed by atoms with E-state index in [2.05, 4.69) is 216 Å². The summed E-state index contributed by atoms with van der Waals surface area (Å²) < 4.78 is 2.39. The van der Waals surface area contributed by atoms with Crippen molar-refractivity contribution in [3.8, 4) is 27.9 Å². The normalized spacial score (nSPS) is 11.5. The average molecular weight is 663 g/mol. The smallest absolute Gasteiger partial charge is 0.0547 e. The molecule has 2 heteroatoms. The van der Waals surface area contributed by atoms with E-state index >= 15 is 0 Å². The van der Waals surface area contributed by atoms with Crippen molar-refractivity contribution < 1.29 is 0 Å². The van der Waals surface area contributed by atoms with E-state index in [-0.39, 0.29) is 0 Å². The maximum atomic E-state index is 2.39. The summed E-state index contributed by atoms with van der Waals surface area (Å²) in [5.74, 6) is 0. The summed E-state index contributed by atoms with van der Waals surface area (Å²) in [5, 5.41) is 7.52. The standard InChI is InChI=1S/C50H34N2/c1-3-13-35(14-4-1)36-27-29-41(30-28-36)51(43-31-32-45-39(34-43)26-25-37-15-7-8-20-44(37)45)42-19-11-16-38(33-42)46-22-12-24-49-50(46)47-21-9-10-23-48(47)52(49)40-17-5-2-6-18-40/h1-34H. The van der Waals surface area contributed by atoms with Gasteiger partial charge in [-0.15, -0.1) is 0 Å². The van der Waals surface area contributed by atoms with Crippen LogP contribution in [-0.2, 0) is 0 Å². The predicted octanol–water partition coefficient (Wildman–Crippen LogP) is 13.9. The lowest BCUT2D eigenvalue weighted by Crippen LogP contribution is -2.10. The highest BCUT2D eigenvalue weighted by Gasteiger charge is 2.18. The molecule has 0 amide bonds. The average Bonchev–Trinajstić information content (AvgIpc) is 3.56. The van der Waals surface area contributed by atoms with Crippen molar-refractivity contribution in [2.75, 3.05) is 4.90 Å². The number of hydrogen-bond acceptors (Lipinski definition) is 1. The van der Waals surface area contributed by atoms with Crippen LogP contribution in [0.15, 0.2) is 206 Å². The topological polar surface area (TPSA) is 8.17 Å². The van der Waals surface area contributed by atoms with E-state index in [1.807, 2.05) is 0 Å². The maximum Gasteiger partial charge on any atom is 0.0547 e. The first-order valence-corrected chi connectivity index (χ1v) is 17.9. The Bertz CT molecular complexity index is 2890. The molecule has 1 heterocycles. The van der Waals surface area contributed by atoms with Gasteiger partial charge >= 0.3 is 0 Å². The van der Waals surface area contributed by atoms with Gasteiger partial charge in [-0.2, -0.15) is 0 Å². The lowest BCUT2D eigenvalue weighted by atomic mass is 9.98. The van der Waals surface area contributed by atoms with Gasteiger partial charge in [0.05, 0.1) is 11.0 Å². The van der Waals surface area contributed by atoms with Gasteiger partial charge in [-0.25, -0.2) is 0 Å². The minimum atomic E-state index is 1.11. The Morgan fingerprint density at radius 3 is 1.77 bits per heavy atom. The van der Waals surface area contributed by atoms with Crippen LogP contribution in [0.3, 0.4) is 0 Å². The van der Waals surface area contributed by atoms with E-state index in [0.29, 0.717) is 0 Å². The van der Waals surface area contributed by atoms with Crippen LogP contribution in [0.1, 0.15) is 0 Å². The van der Waals surface area contributed by atoms with E-state index in [4.69, 9.17) is 0 Å². The largest absolute Gasteiger partial charge is 0.310 e. The molecule has 10 aromatic rings. The molecule has 10 rings (SSSR count). The fourth-order valence-electron chi connectivity index (χ4n) is 7.95. The zero-order valence-electron chi connectivity index (χ0n) is 28.5. The summed E-state index contributed by atoms with van der Waals surface area (Å²) in [6.07, 6.45) is 0. The summed E-state index contributed by atoms with van der Waals surface area (Å²) in [6.45, 7) is 0. The maximum absolute atomic E-state index is 2.39. The molecule has 2 nitrogen and oxygen atoms in total. The molecular formula is C50H34N2. The Labute approximate surface area is 303 Å². The SMILES string of the molecule is c1ccc(-c2ccc(N(c3cccc(-c4cccc5c4c4ccccc4n5-c4ccccc4)c3)c3ccc4c(ccc5ccccc54)c3)cc2)cc1. The van der Waals surface area contributed by atoms with Gasteiger partial charge in [0.15, 0.2) is 0 Å². The Hall–Kier alpha value is -6.90. The van der Waals surface area contributed by atoms with Crippen molar-refractivity contribution in [1.29, 1.82) is 0 Å². The molecule has 0 aliphatic heterocycles. The lowest BCUT2D eigenvalue weighted by molar-refractivity contribution is 1.18. The fourth-order valence-corrected chi connectivity index (χ4v) is 7.95. The monoisotopic (exact) mass is 662 g/mol. The minimum absolute atomic E-state index is 1.11. The van der Waals surface area contributed by atoms with Gasteiger partial charge in [0, 0.05) is 33.5 Å². The summed E-state index contributed by atoms with van der Waals surface area (Å²) in [5.41, 5.74) is 11.7. The van der Waals surface area contributed by atoms with E-state index in [9.17, 15) is 0 Å². The number of fused-ring (bicyclic) bond motifs is 6. The molecule has 0 aliphatic carbocycles. The van der Waals surface area contributed by atoms with Crippen LogP contribution in [0.5, 0.6) is 0 Å². The van der Waals surface area contributed by atoms with Gasteiger partial charge in [0.2, 0.25) is 0 Å². The van der Waals surface area contributed by atoms with Gasteiger partial charge in [0.25, 0.3) is 0 Å². The summed E-state index contributed by atoms with van der Waals surface area (Å²) >= 11 is 0. The van der Waals surface area contributed by atoms with Gasteiger partial charge in [-0.1, -0.05) is 146 Å². The molecule has 0 saturated heterocycles. The van der Waals surface area contributed by atoms with Crippen molar-refractivity contribution in [2.45, 2.75) is 0 Å². The van der Waals surface area contributed by atoms with E-state index < -0.39 is 0 Å². The molecule has 1 aromatic heterocycles. The summed E-state index contributed by atoms with van der Waals surface area (Å²) in [7, 11) is 0. The van der Waals surface area contributed by atoms with E-state index in [0.717, 1.165) is 22.7 Å². The number of rotatable bonds is 6.